The zero-order valence-electron chi connectivity index (χ0n) is 14.7. The molecule has 6 nitrogen and oxygen atoms in total. The summed E-state index contributed by atoms with van der Waals surface area (Å²) in [5, 5.41) is 9.10. The quantitative estimate of drug-likeness (QED) is 0.425. The lowest BCUT2D eigenvalue weighted by molar-refractivity contribution is 0.0720. The van der Waals surface area contributed by atoms with Crippen molar-refractivity contribution in [2.75, 3.05) is 6.61 Å². The maximum absolute atomic E-state index is 12.7. The Morgan fingerprint density at radius 1 is 1.30 bits per heavy atom. The van der Waals surface area contributed by atoms with E-state index in [0.717, 1.165) is 5.56 Å². The molecule has 1 heterocycles. The molecule has 0 bridgehead atoms. The summed E-state index contributed by atoms with van der Waals surface area (Å²) in [5.74, 6) is 0.487. The number of rotatable bonds is 5. The number of oxazole rings is 1. The second kappa shape index (κ2) is 8.06. The smallest absolute Gasteiger partial charge is 0.366 e. The van der Waals surface area contributed by atoms with Gasteiger partial charge in [0.1, 0.15) is 5.76 Å². The molecule has 0 radical (unpaired) electrons. The molecule has 3 rings (SSSR count). The molecule has 0 atom stereocenters. The van der Waals surface area contributed by atoms with Crippen LogP contribution < -0.4 is 9.47 Å². The van der Waals surface area contributed by atoms with Gasteiger partial charge in [-0.2, -0.15) is 5.26 Å². The molecule has 2 aromatic carbocycles. The lowest BCUT2D eigenvalue weighted by atomic mass is 10.2. The first-order valence-electron chi connectivity index (χ1n) is 8.15. The van der Waals surface area contributed by atoms with Crippen LogP contribution in [0.25, 0.3) is 11.5 Å². The Bertz CT molecular complexity index is 1020. The Labute approximate surface area is 164 Å². The number of nitrogens with zero attached hydrogens (tertiary/aromatic N) is 2. The number of nitriles is 1. The van der Waals surface area contributed by atoms with E-state index in [1.54, 1.807) is 19.9 Å². The minimum Gasteiger partial charge on any atom is -0.490 e. The first-order chi connectivity index (χ1) is 13.0. The van der Waals surface area contributed by atoms with Crippen molar-refractivity contribution in [3.8, 4) is 29.0 Å². The molecule has 0 saturated heterocycles. The van der Waals surface area contributed by atoms with Gasteiger partial charge < -0.3 is 13.9 Å². The van der Waals surface area contributed by atoms with E-state index in [2.05, 4.69) is 20.9 Å². The van der Waals surface area contributed by atoms with Crippen molar-refractivity contribution < 1.29 is 18.7 Å². The van der Waals surface area contributed by atoms with Gasteiger partial charge in [0.15, 0.2) is 17.2 Å². The van der Waals surface area contributed by atoms with E-state index in [0.29, 0.717) is 34.0 Å². The molecular formula is C20H15BrN2O4. The fraction of sp³-hybridized carbons (Fsp3) is 0.150. The predicted molar refractivity (Wildman–Crippen MR) is 102 cm³/mol. The second-order valence-electron chi connectivity index (χ2n) is 5.51. The molecule has 0 fully saturated rings. The van der Waals surface area contributed by atoms with E-state index in [-0.39, 0.29) is 11.4 Å². The number of esters is 1. The van der Waals surface area contributed by atoms with Crippen molar-refractivity contribution in [1.82, 2.24) is 4.98 Å². The van der Waals surface area contributed by atoms with Gasteiger partial charge >= 0.3 is 5.97 Å². The van der Waals surface area contributed by atoms with Gasteiger partial charge in [0.25, 0.3) is 0 Å². The Hall–Kier alpha value is -3.11. The van der Waals surface area contributed by atoms with Crippen LogP contribution >= 0.6 is 15.9 Å². The fourth-order valence-corrected chi connectivity index (χ4v) is 2.95. The third-order valence-corrected chi connectivity index (χ3v) is 4.23. The summed E-state index contributed by atoms with van der Waals surface area (Å²) in [4.78, 5) is 16.9. The molecule has 27 heavy (non-hydrogen) atoms. The van der Waals surface area contributed by atoms with Crippen molar-refractivity contribution in [2.24, 2.45) is 0 Å². The molecular weight excluding hydrogens is 412 g/mol. The van der Waals surface area contributed by atoms with Gasteiger partial charge in [-0.05, 0) is 48.0 Å². The molecule has 136 valence electrons. The average Bonchev–Trinajstić information content (AvgIpc) is 3.07. The van der Waals surface area contributed by atoms with Crippen molar-refractivity contribution in [3.63, 3.8) is 0 Å². The molecule has 0 unspecified atom stereocenters. The number of aryl methyl sites for hydroxylation is 1. The average molecular weight is 427 g/mol. The summed E-state index contributed by atoms with van der Waals surface area (Å²) in [6.07, 6.45) is 0. The largest absolute Gasteiger partial charge is 0.490 e. The topological polar surface area (TPSA) is 85.4 Å². The van der Waals surface area contributed by atoms with E-state index >= 15 is 0 Å². The number of carbonyl (C=O) groups is 1. The Balaban J connectivity index is 1.93. The zero-order valence-corrected chi connectivity index (χ0v) is 16.2. The lowest BCUT2D eigenvalue weighted by Crippen LogP contribution is -2.12. The maximum atomic E-state index is 12.7. The van der Waals surface area contributed by atoms with E-state index in [4.69, 9.17) is 19.2 Å². The molecule has 0 spiro atoms. The van der Waals surface area contributed by atoms with Gasteiger partial charge in [-0.25, -0.2) is 9.78 Å². The summed E-state index contributed by atoms with van der Waals surface area (Å²) in [5.41, 5.74) is 1.22. The summed E-state index contributed by atoms with van der Waals surface area (Å²) < 4.78 is 17.0. The molecule has 7 heteroatoms. The van der Waals surface area contributed by atoms with Gasteiger partial charge in [0.05, 0.1) is 22.7 Å². The number of halogens is 1. The third kappa shape index (κ3) is 4.01. The Morgan fingerprint density at radius 3 is 2.70 bits per heavy atom. The molecule has 1 aromatic heterocycles. The minimum atomic E-state index is -0.676. The summed E-state index contributed by atoms with van der Waals surface area (Å²) in [7, 11) is 0. The van der Waals surface area contributed by atoms with Crippen LogP contribution in [0.2, 0.25) is 0 Å². The van der Waals surface area contributed by atoms with Crippen LogP contribution in [-0.2, 0) is 0 Å². The first kappa shape index (κ1) is 18.7. The van der Waals surface area contributed by atoms with Crippen LogP contribution in [-0.4, -0.2) is 17.6 Å². The van der Waals surface area contributed by atoms with Crippen molar-refractivity contribution in [3.05, 3.63) is 64.0 Å². The van der Waals surface area contributed by atoms with Crippen LogP contribution in [0.5, 0.6) is 11.5 Å². The SMILES string of the molecule is CCOc1cc(C#N)cc(Br)c1OC(=O)c1nc(-c2ccccc2)oc1C. The first-order valence-corrected chi connectivity index (χ1v) is 8.94. The number of hydrogen-bond donors (Lipinski definition) is 0. The van der Waals surface area contributed by atoms with E-state index < -0.39 is 5.97 Å². The Kier molecular flexibility index (Phi) is 5.57. The highest BCUT2D eigenvalue weighted by atomic mass is 79.9. The Morgan fingerprint density at radius 2 is 2.04 bits per heavy atom. The van der Waals surface area contributed by atoms with Gasteiger partial charge in [-0.15, -0.1) is 0 Å². The van der Waals surface area contributed by atoms with E-state index in [1.807, 2.05) is 36.4 Å². The highest BCUT2D eigenvalue weighted by molar-refractivity contribution is 9.10. The lowest BCUT2D eigenvalue weighted by Gasteiger charge is -2.12. The van der Waals surface area contributed by atoms with Crippen molar-refractivity contribution in [2.45, 2.75) is 13.8 Å². The summed E-state index contributed by atoms with van der Waals surface area (Å²) >= 11 is 3.32. The number of benzene rings is 2. The van der Waals surface area contributed by atoms with E-state index in [9.17, 15) is 4.79 Å². The molecule has 0 amide bonds. The maximum Gasteiger partial charge on any atom is 0.366 e. The molecule has 0 aliphatic heterocycles. The van der Waals surface area contributed by atoms with Gasteiger partial charge in [-0.3, -0.25) is 0 Å². The molecule has 3 aromatic rings. The monoisotopic (exact) mass is 426 g/mol. The van der Waals surface area contributed by atoms with Gasteiger partial charge in [-0.1, -0.05) is 18.2 Å². The molecule has 0 saturated carbocycles. The standard InChI is InChI=1S/C20H15BrN2O4/c1-3-25-16-10-13(11-22)9-15(21)18(16)27-20(24)17-12(2)26-19(23-17)14-7-5-4-6-8-14/h4-10H,3H2,1-2H3. The minimum absolute atomic E-state index is 0.0764. The molecule has 0 N–H and O–H groups in total. The summed E-state index contributed by atoms with van der Waals surface area (Å²) in [6, 6.07) is 14.4. The fourth-order valence-electron chi connectivity index (χ4n) is 2.43. The zero-order chi connectivity index (χ0) is 19.4. The van der Waals surface area contributed by atoms with Crippen LogP contribution in [0, 0.1) is 18.3 Å². The number of ether oxygens (including phenoxy) is 2. The van der Waals surface area contributed by atoms with Crippen molar-refractivity contribution in [1.29, 1.82) is 5.26 Å². The number of aromatic nitrogens is 1. The van der Waals surface area contributed by atoms with Crippen LogP contribution in [0.4, 0.5) is 0 Å². The highest BCUT2D eigenvalue weighted by Crippen LogP contribution is 2.37. The van der Waals surface area contributed by atoms with Crippen molar-refractivity contribution >= 4 is 21.9 Å². The van der Waals surface area contributed by atoms with Crippen LogP contribution in [0.15, 0.2) is 51.4 Å². The number of hydrogen-bond acceptors (Lipinski definition) is 6. The predicted octanol–water partition coefficient (Wildman–Crippen LogP) is 4.90. The molecule has 0 aliphatic rings. The third-order valence-electron chi connectivity index (χ3n) is 3.64. The van der Waals surface area contributed by atoms with Gasteiger partial charge in [0.2, 0.25) is 5.89 Å². The highest BCUT2D eigenvalue weighted by Gasteiger charge is 2.23. The van der Waals surface area contributed by atoms with Crippen LogP contribution in [0.1, 0.15) is 28.7 Å². The second-order valence-corrected chi connectivity index (χ2v) is 6.36. The summed E-state index contributed by atoms with van der Waals surface area (Å²) in [6.45, 7) is 3.80. The van der Waals surface area contributed by atoms with E-state index in [1.165, 1.54) is 6.07 Å². The number of carbonyl (C=O) groups excluding carboxylic acids is 1. The normalized spacial score (nSPS) is 10.3. The van der Waals surface area contributed by atoms with Gasteiger partial charge in [0, 0.05) is 11.6 Å². The molecule has 0 aliphatic carbocycles. The van der Waals surface area contributed by atoms with Crippen LogP contribution in [0.3, 0.4) is 0 Å².